The molecule has 0 aliphatic rings. The number of carboxylic acids is 1. The largest absolute Gasteiger partial charge is 0.481 e. The third-order valence-electron chi connectivity index (χ3n) is 1.92. The summed E-state index contributed by atoms with van der Waals surface area (Å²) in [5.74, 6) is -3.20. The van der Waals surface area contributed by atoms with Crippen LogP contribution in [0.15, 0.2) is 0 Å². The predicted molar refractivity (Wildman–Crippen MR) is 55.8 cm³/mol. The molecule has 0 spiro atoms. The zero-order chi connectivity index (χ0) is 13.1. The van der Waals surface area contributed by atoms with E-state index in [1.165, 1.54) is 0 Å². The van der Waals surface area contributed by atoms with E-state index in [0.29, 0.717) is 0 Å². The number of Topliss-reactive ketones (excluding diaryl/α,β-unsaturated/α-hetero) is 2. The Balaban J connectivity index is 5.11. The fourth-order valence-electron chi connectivity index (χ4n) is 1.57. The number of aliphatic hydroxyl groups is 1. The molecule has 2 N–H and O–H groups in total. The van der Waals surface area contributed by atoms with Crippen molar-refractivity contribution >= 4 is 17.5 Å². The van der Waals surface area contributed by atoms with Gasteiger partial charge < -0.3 is 14.7 Å². The molecule has 0 amide bonds. The SMILES string of the molecule is CC(=O)C(=O)C(O)(CC(=O)O)C[N+](C)(C)C. The minimum absolute atomic E-state index is 0.127. The van der Waals surface area contributed by atoms with Crippen LogP contribution in [-0.2, 0) is 14.4 Å². The molecule has 0 aromatic rings. The van der Waals surface area contributed by atoms with Crippen molar-refractivity contribution in [2.45, 2.75) is 18.9 Å². The molecular weight excluding hydrogens is 214 g/mol. The molecule has 0 aromatic heterocycles. The van der Waals surface area contributed by atoms with Gasteiger partial charge in [0.25, 0.3) is 0 Å². The Kier molecular flexibility index (Phi) is 4.34. The highest BCUT2D eigenvalue weighted by Gasteiger charge is 2.44. The lowest BCUT2D eigenvalue weighted by atomic mass is 9.91. The Morgan fingerprint density at radius 1 is 1.19 bits per heavy atom. The van der Waals surface area contributed by atoms with E-state index in [2.05, 4.69) is 0 Å². The quantitative estimate of drug-likeness (QED) is 0.455. The van der Waals surface area contributed by atoms with E-state index in [-0.39, 0.29) is 11.0 Å². The zero-order valence-electron chi connectivity index (χ0n) is 9.98. The Labute approximate surface area is 94.1 Å². The number of ketones is 2. The summed E-state index contributed by atoms with van der Waals surface area (Å²) in [5, 5.41) is 18.6. The lowest BCUT2D eigenvalue weighted by Gasteiger charge is -2.33. The van der Waals surface area contributed by atoms with Crippen LogP contribution in [-0.4, -0.2) is 65.5 Å². The average molecular weight is 232 g/mol. The van der Waals surface area contributed by atoms with Crippen molar-refractivity contribution in [3.63, 3.8) is 0 Å². The normalized spacial score (nSPS) is 15.3. The van der Waals surface area contributed by atoms with Crippen LogP contribution in [0.4, 0.5) is 0 Å². The molecule has 0 saturated heterocycles. The highest BCUT2D eigenvalue weighted by molar-refractivity contribution is 6.39. The van der Waals surface area contributed by atoms with Crippen LogP contribution in [0.1, 0.15) is 13.3 Å². The summed E-state index contributed by atoms with van der Waals surface area (Å²) >= 11 is 0. The van der Waals surface area contributed by atoms with Gasteiger partial charge in [0.15, 0.2) is 11.4 Å². The van der Waals surface area contributed by atoms with Crippen molar-refractivity contribution in [1.29, 1.82) is 0 Å². The molecule has 0 heterocycles. The number of aliphatic carboxylic acids is 1. The molecule has 1 unspecified atom stereocenters. The maximum absolute atomic E-state index is 11.5. The Morgan fingerprint density at radius 2 is 1.62 bits per heavy atom. The summed E-state index contributed by atoms with van der Waals surface area (Å²) in [6.07, 6.45) is -0.763. The molecule has 0 saturated carbocycles. The van der Waals surface area contributed by atoms with E-state index in [0.717, 1.165) is 6.92 Å². The van der Waals surface area contributed by atoms with Crippen LogP contribution < -0.4 is 0 Å². The summed E-state index contributed by atoms with van der Waals surface area (Å²) in [7, 11) is 5.08. The third kappa shape index (κ3) is 4.50. The van der Waals surface area contributed by atoms with Crippen molar-refractivity contribution < 1.29 is 29.1 Å². The van der Waals surface area contributed by atoms with Crippen LogP contribution in [0, 0.1) is 0 Å². The van der Waals surface area contributed by atoms with Crippen LogP contribution >= 0.6 is 0 Å². The second-order valence-electron chi connectivity index (χ2n) is 4.94. The number of hydrogen-bond donors (Lipinski definition) is 2. The maximum atomic E-state index is 11.5. The van der Waals surface area contributed by atoms with Gasteiger partial charge in [-0.3, -0.25) is 14.4 Å². The highest BCUT2D eigenvalue weighted by atomic mass is 16.4. The first-order chi connectivity index (χ1) is 6.98. The smallest absolute Gasteiger partial charge is 0.307 e. The van der Waals surface area contributed by atoms with Crippen LogP contribution in [0.25, 0.3) is 0 Å². The molecule has 0 rings (SSSR count). The van der Waals surface area contributed by atoms with Crippen molar-refractivity contribution in [2.75, 3.05) is 27.7 Å². The Hall–Kier alpha value is -1.27. The summed E-state index contributed by atoms with van der Waals surface area (Å²) < 4.78 is 0.183. The second-order valence-corrected chi connectivity index (χ2v) is 4.94. The molecule has 6 heteroatoms. The first-order valence-electron chi connectivity index (χ1n) is 4.78. The maximum Gasteiger partial charge on any atom is 0.307 e. The molecule has 16 heavy (non-hydrogen) atoms. The molecule has 0 fully saturated rings. The van der Waals surface area contributed by atoms with E-state index in [9.17, 15) is 19.5 Å². The topological polar surface area (TPSA) is 91.7 Å². The van der Waals surface area contributed by atoms with Gasteiger partial charge in [0.2, 0.25) is 5.78 Å². The van der Waals surface area contributed by atoms with Gasteiger partial charge in [0.1, 0.15) is 6.54 Å². The van der Waals surface area contributed by atoms with E-state index >= 15 is 0 Å². The van der Waals surface area contributed by atoms with Gasteiger partial charge in [0.05, 0.1) is 27.6 Å². The standard InChI is InChI=1S/C10H17NO5/c1-7(12)9(15)10(16,5-8(13)14)6-11(2,3)4/h16H,5-6H2,1-4H3/p+1. The molecule has 0 aliphatic carbocycles. The molecule has 6 nitrogen and oxygen atoms in total. The summed E-state index contributed by atoms with van der Waals surface area (Å²) in [6.45, 7) is 0.891. The van der Waals surface area contributed by atoms with Crippen LogP contribution in [0.2, 0.25) is 0 Å². The van der Waals surface area contributed by atoms with Crippen LogP contribution in [0.5, 0.6) is 0 Å². The van der Waals surface area contributed by atoms with Crippen LogP contribution in [0.3, 0.4) is 0 Å². The molecular formula is C10H18NO5+. The van der Waals surface area contributed by atoms with E-state index in [4.69, 9.17) is 5.11 Å². The summed E-state index contributed by atoms with van der Waals surface area (Å²) in [6, 6.07) is 0. The van der Waals surface area contributed by atoms with Gasteiger partial charge in [0, 0.05) is 6.92 Å². The van der Waals surface area contributed by atoms with Crippen molar-refractivity contribution in [3.05, 3.63) is 0 Å². The molecule has 0 bridgehead atoms. The number of quaternary nitrogens is 1. The number of carbonyl (C=O) groups is 3. The Morgan fingerprint density at radius 3 is 1.88 bits per heavy atom. The molecule has 1 atom stereocenters. The fraction of sp³-hybridized carbons (Fsp3) is 0.700. The minimum Gasteiger partial charge on any atom is -0.481 e. The zero-order valence-corrected chi connectivity index (χ0v) is 9.98. The lowest BCUT2D eigenvalue weighted by Crippen LogP contribution is -2.56. The molecule has 0 aliphatic heterocycles. The molecule has 0 radical (unpaired) electrons. The summed E-state index contributed by atoms with van der Waals surface area (Å²) in [4.78, 5) is 33.1. The lowest BCUT2D eigenvalue weighted by molar-refractivity contribution is -0.875. The molecule has 92 valence electrons. The predicted octanol–water partition coefficient (Wildman–Crippen LogP) is -0.943. The monoisotopic (exact) mass is 232 g/mol. The van der Waals surface area contributed by atoms with Gasteiger partial charge in [-0.2, -0.15) is 0 Å². The van der Waals surface area contributed by atoms with E-state index < -0.39 is 29.6 Å². The van der Waals surface area contributed by atoms with Gasteiger partial charge >= 0.3 is 5.97 Å². The Bertz CT molecular complexity index is 318. The number of carboxylic acid groups (broad SMARTS) is 1. The third-order valence-corrected chi connectivity index (χ3v) is 1.92. The molecule has 0 aromatic carbocycles. The van der Waals surface area contributed by atoms with E-state index in [1.54, 1.807) is 21.1 Å². The first-order valence-corrected chi connectivity index (χ1v) is 4.78. The number of carbonyl (C=O) groups excluding carboxylic acids is 2. The number of hydrogen-bond acceptors (Lipinski definition) is 4. The number of likely N-dealkylation sites (N-methyl/N-ethyl adjacent to an activating group) is 1. The van der Waals surface area contributed by atoms with Crippen molar-refractivity contribution in [3.8, 4) is 0 Å². The minimum atomic E-state index is -2.13. The first kappa shape index (κ1) is 14.7. The van der Waals surface area contributed by atoms with Crippen molar-refractivity contribution in [1.82, 2.24) is 0 Å². The highest BCUT2D eigenvalue weighted by Crippen LogP contribution is 2.16. The van der Waals surface area contributed by atoms with Gasteiger partial charge in [-0.1, -0.05) is 0 Å². The fourth-order valence-corrected chi connectivity index (χ4v) is 1.57. The van der Waals surface area contributed by atoms with Gasteiger partial charge in [-0.05, 0) is 0 Å². The van der Waals surface area contributed by atoms with Crippen molar-refractivity contribution in [2.24, 2.45) is 0 Å². The number of rotatable bonds is 6. The average Bonchev–Trinajstić information content (AvgIpc) is 1.96. The van der Waals surface area contributed by atoms with Gasteiger partial charge in [-0.25, -0.2) is 0 Å². The number of nitrogens with zero attached hydrogens (tertiary/aromatic N) is 1. The summed E-state index contributed by atoms with van der Waals surface area (Å²) in [5.41, 5.74) is -2.13. The van der Waals surface area contributed by atoms with E-state index in [1.807, 2.05) is 0 Å². The van der Waals surface area contributed by atoms with Gasteiger partial charge in [-0.15, -0.1) is 0 Å². The second kappa shape index (κ2) is 4.71.